The van der Waals surface area contributed by atoms with Gasteiger partial charge in [0.15, 0.2) is 23.3 Å². The monoisotopic (exact) mass is 231 g/mol. The molecule has 0 saturated carbocycles. The molecular weight excluding hydrogens is 216 g/mol. The largest absolute Gasteiger partial charge is 0.380 e. The topological polar surface area (TPSA) is 46.2 Å². The lowest BCUT2D eigenvalue weighted by molar-refractivity contribution is 0.158. The molecule has 0 fully saturated rings. The summed E-state index contributed by atoms with van der Waals surface area (Å²) in [4.78, 5) is 3.76. The van der Waals surface area contributed by atoms with Crippen LogP contribution in [-0.4, -0.2) is 31.8 Å². The van der Waals surface area contributed by atoms with Gasteiger partial charge in [-0.3, -0.25) is 0 Å². The van der Waals surface area contributed by atoms with Crippen molar-refractivity contribution in [1.29, 1.82) is 0 Å². The fourth-order valence-electron chi connectivity index (χ4n) is 1.15. The summed E-state index contributed by atoms with van der Waals surface area (Å²) in [5.74, 6) is -1.39. The summed E-state index contributed by atoms with van der Waals surface area (Å²) in [6.07, 6.45) is 0. The predicted molar refractivity (Wildman–Crippen MR) is 58.7 cm³/mol. The minimum Gasteiger partial charge on any atom is -0.380 e. The fourth-order valence-corrected chi connectivity index (χ4v) is 1.15. The van der Waals surface area contributed by atoms with Gasteiger partial charge in [0.2, 0.25) is 0 Å². The lowest BCUT2D eigenvalue weighted by atomic mass is 10.4. The molecule has 1 heterocycles. The van der Waals surface area contributed by atoms with Crippen LogP contribution in [0.1, 0.15) is 6.92 Å². The van der Waals surface area contributed by atoms with Crippen molar-refractivity contribution in [3.63, 3.8) is 0 Å². The summed E-state index contributed by atoms with van der Waals surface area (Å²) < 4.78 is 31.4. The number of aromatic nitrogens is 1. The highest BCUT2D eigenvalue weighted by molar-refractivity contribution is 5.47. The van der Waals surface area contributed by atoms with E-state index in [9.17, 15) is 8.78 Å². The molecule has 0 amide bonds. The van der Waals surface area contributed by atoms with Gasteiger partial charge in [0.1, 0.15) is 0 Å². The molecule has 0 radical (unpaired) electrons. The van der Waals surface area contributed by atoms with Crippen molar-refractivity contribution in [2.45, 2.75) is 6.92 Å². The van der Waals surface area contributed by atoms with Gasteiger partial charge in [0.05, 0.1) is 6.61 Å². The molecule has 0 aromatic carbocycles. The number of halogens is 2. The maximum absolute atomic E-state index is 13.2. The SMILES string of the molecule is CCOCCNc1nc(NC)c(F)cc1F. The quantitative estimate of drug-likeness (QED) is 0.733. The van der Waals surface area contributed by atoms with E-state index in [4.69, 9.17) is 4.74 Å². The number of hydrogen-bond donors (Lipinski definition) is 2. The smallest absolute Gasteiger partial charge is 0.168 e. The van der Waals surface area contributed by atoms with Gasteiger partial charge >= 0.3 is 0 Å². The second kappa shape index (κ2) is 6.22. The molecule has 1 aromatic rings. The third kappa shape index (κ3) is 3.30. The number of hydrogen-bond acceptors (Lipinski definition) is 4. The van der Waals surface area contributed by atoms with E-state index >= 15 is 0 Å². The van der Waals surface area contributed by atoms with E-state index < -0.39 is 11.6 Å². The highest BCUT2D eigenvalue weighted by Gasteiger charge is 2.10. The van der Waals surface area contributed by atoms with E-state index in [1.165, 1.54) is 7.05 Å². The summed E-state index contributed by atoms with van der Waals surface area (Å²) in [7, 11) is 1.52. The molecule has 6 heteroatoms. The Morgan fingerprint density at radius 1 is 1.31 bits per heavy atom. The zero-order valence-corrected chi connectivity index (χ0v) is 9.31. The van der Waals surface area contributed by atoms with Gasteiger partial charge in [0, 0.05) is 26.3 Å². The maximum Gasteiger partial charge on any atom is 0.168 e. The normalized spacial score (nSPS) is 10.2. The molecule has 1 rings (SSSR count). The summed E-state index contributed by atoms with van der Waals surface area (Å²) in [6.45, 7) is 3.34. The lowest BCUT2D eigenvalue weighted by Crippen LogP contribution is -2.12. The van der Waals surface area contributed by atoms with Crippen LogP contribution in [0.2, 0.25) is 0 Å². The summed E-state index contributed by atoms with van der Waals surface area (Å²) >= 11 is 0. The molecule has 0 saturated heterocycles. The first-order chi connectivity index (χ1) is 7.69. The molecule has 90 valence electrons. The van der Waals surface area contributed by atoms with E-state index in [2.05, 4.69) is 15.6 Å². The average Bonchev–Trinajstić information content (AvgIpc) is 2.27. The van der Waals surface area contributed by atoms with Gasteiger partial charge in [-0.2, -0.15) is 0 Å². The molecule has 0 aliphatic rings. The van der Waals surface area contributed by atoms with Gasteiger partial charge in [-0.15, -0.1) is 0 Å². The first kappa shape index (κ1) is 12.6. The van der Waals surface area contributed by atoms with Crippen molar-refractivity contribution in [3.05, 3.63) is 17.7 Å². The minimum absolute atomic E-state index is 0.0142. The average molecular weight is 231 g/mol. The second-order valence-electron chi connectivity index (χ2n) is 3.02. The van der Waals surface area contributed by atoms with Gasteiger partial charge in [-0.25, -0.2) is 13.8 Å². The highest BCUT2D eigenvalue weighted by atomic mass is 19.1. The third-order valence-corrected chi connectivity index (χ3v) is 1.91. The van der Waals surface area contributed by atoms with Crippen LogP contribution in [0.5, 0.6) is 0 Å². The summed E-state index contributed by atoms with van der Waals surface area (Å²) in [6, 6.07) is 0.793. The molecule has 0 spiro atoms. The van der Waals surface area contributed by atoms with Crippen LogP contribution in [0.15, 0.2) is 6.07 Å². The Morgan fingerprint density at radius 3 is 2.62 bits per heavy atom. The Hall–Kier alpha value is -1.43. The van der Waals surface area contributed by atoms with Crippen LogP contribution in [0.25, 0.3) is 0 Å². The zero-order chi connectivity index (χ0) is 12.0. The maximum atomic E-state index is 13.2. The number of nitrogens with one attached hydrogen (secondary N) is 2. The third-order valence-electron chi connectivity index (χ3n) is 1.91. The molecular formula is C10H15F2N3O. The minimum atomic E-state index is -0.715. The van der Waals surface area contributed by atoms with E-state index in [-0.39, 0.29) is 11.6 Å². The van der Waals surface area contributed by atoms with Crippen molar-refractivity contribution in [2.24, 2.45) is 0 Å². The van der Waals surface area contributed by atoms with Crippen molar-refractivity contribution in [2.75, 3.05) is 37.4 Å². The molecule has 0 bridgehead atoms. The van der Waals surface area contributed by atoms with Crippen molar-refractivity contribution in [1.82, 2.24) is 4.98 Å². The molecule has 0 aliphatic heterocycles. The van der Waals surface area contributed by atoms with E-state index in [1.807, 2.05) is 6.92 Å². The van der Waals surface area contributed by atoms with E-state index in [0.29, 0.717) is 19.8 Å². The van der Waals surface area contributed by atoms with Crippen LogP contribution in [0, 0.1) is 11.6 Å². The van der Waals surface area contributed by atoms with E-state index in [1.54, 1.807) is 0 Å². The molecule has 0 aliphatic carbocycles. The van der Waals surface area contributed by atoms with Crippen molar-refractivity contribution < 1.29 is 13.5 Å². The summed E-state index contributed by atoms with van der Waals surface area (Å²) in [5, 5.41) is 5.27. The molecule has 1 aromatic heterocycles. The highest BCUT2D eigenvalue weighted by Crippen LogP contribution is 2.18. The number of ether oxygens (including phenoxy) is 1. The molecule has 2 N–H and O–H groups in total. The lowest BCUT2D eigenvalue weighted by Gasteiger charge is -2.09. The Balaban J connectivity index is 2.64. The summed E-state index contributed by atoms with van der Waals surface area (Å²) in [5.41, 5.74) is 0. The molecule has 16 heavy (non-hydrogen) atoms. The Bertz CT molecular complexity index is 347. The van der Waals surface area contributed by atoms with E-state index in [0.717, 1.165) is 6.07 Å². The molecule has 4 nitrogen and oxygen atoms in total. The molecule has 0 unspecified atom stereocenters. The van der Waals surface area contributed by atoms with Crippen molar-refractivity contribution in [3.8, 4) is 0 Å². The number of anilines is 2. The Kier molecular flexibility index (Phi) is 4.91. The number of rotatable bonds is 6. The van der Waals surface area contributed by atoms with Crippen LogP contribution in [0.4, 0.5) is 20.4 Å². The van der Waals surface area contributed by atoms with Crippen LogP contribution in [0.3, 0.4) is 0 Å². The van der Waals surface area contributed by atoms with Crippen LogP contribution in [-0.2, 0) is 4.74 Å². The standard InChI is InChI=1S/C10H15F2N3O/c1-3-16-5-4-14-10-8(12)6-7(11)9(13-2)15-10/h6H,3-5H2,1-2H3,(H2,13,14,15). The Morgan fingerprint density at radius 2 is 2.00 bits per heavy atom. The molecule has 0 atom stereocenters. The zero-order valence-electron chi connectivity index (χ0n) is 9.31. The number of pyridine rings is 1. The van der Waals surface area contributed by atoms with Gasteiger partial charge < -0.3 is 15.4 Å². The van der Waals surface area contributed by atoms with Crippen LogP contribution < -0.4 is 10.6 Å². The fraction of sp³-hybridized carbons (Fsp3) is 0.500. The second-order valence-corrected chi connectivity index (χ2v) is 3.02. The van der Waals surface area contributed by atoms with Gasteiger partial charge in [0.25, 0.3) is 0 Å². The Labute approximate surface area is 93.0 Å². The van der Waals surface area contributed by atoms with Gasteiger partial charge in [-0.1, -0.05) is 0 Å². The van der Waals surface area contributed by atoms with Crippen molar-refractivity contribution >= 4 is 11.6 Å². The van der Waals surface area contributed by atoms with Crippen LogP contribution >= 0.6 is 0 Å². The number of nitrogens with zero attached hydrogens (tertiary/aromatic N) is 1. The first-order valence-corrected chi connectivity index (χ1v) is 5.04. The van der Waals surface area contributed by atoms with Gasteiger partial charge in [-0.05, 0) is 6.92 Å². The predicted octanol–water partition coefficient (Wildman–Crippen LogP) is 1.85. The first-order valence-electron chi connectivity index (χ1n) is 5.04.